The third-order valence-corrected chi connectivity index (χ3v) is 5.75. The molecule has 0 aliphatic carbocycles. The molecule has 0 aliphatic rings. The van der Waals surface area contributed by atoms with Gasteiger partial charge < -0.3 is 14.0 Å². The van der Waals surface area contributed by atoms with Crippen LogP contribution in [0.15, 0.2) is 34.0 Å². The highest BCUT2D eigenvalue weighted by atomic mass is 35.5. The Morgan fingerprint density at radius 3 is 2.56 bits per heavy atom. The van der Waals surface area contributed by atoms with Gasteiger partial charge in [0.1, 0.15) is 5.75 Å². The van der Waals surface area contributed by atoms with Crippen LogP contribution in [-0.2, 0) is 25.4 Å². The molecule has 0 saturated heterocycles. The first-order valence-electron chi connectivity index (χ1n) is 10.6. The Morgan fingerprint density at radius 1 is 1.09 bits per heavy atom. The van der Waals surface area contributed by atoms with E-state index in [4.69, 9.17) is 21.1 Å². The fourth-order valence-electron chi connectivity index (χ4n) is 3.87. The summed E-state index contributed by atoms with van der Waals surface area (Å²) in [7, 11) is 3.08. The first-order valence-corrected chi connectivity index (χ1v) is 10.9. The Labute approximate surface area is 189 Å². The zero-order valence-electron chi connectivity index (χ0n) is 18.6. The maximum absolute atomic E-state index is 12.9. The maximum Gasteiger partial charge on any atom is 0.332 e. The number of hydrogen-bond donors (Lipinski definition) is 0. The summed E-state index contributed by atoms with van der Waals surface area (Å²) >= 11 is 6.44. The number of imidazole rings is 2. The quantitative estimate of drug-likeness (QED) is 0.378. The van der Waals surface area contributed by atoms with Gasteiger partial charge >= 0.3 is 5.69 Å². The lowest BCUT2D eigenvalue weighted by molar-refractivity contribution is 0.142. The van der Waals surface area contributed by atoms with Crippen LogP contribution in [0.25, 0.3) is 28.2 Å². The summed E-state index contributed by atoms with van der Waals surface area (Å²) in [6.07, 6.45) is 2.62. The number of fused-ring (bicyclic) bond motifs is 3. The number of benzene rings is 1. The van der Waals surface area contributed by atoms with E-state index in [-0.39, 0.29) is 0 Å². The Kier molecular flexibility index (Phi) is 6.12. The van der Waals surface area contributed by atoms with Crippen molar-refractivity contribution in [1.82, 2.24) is 23.1 Å². The van der Waals surface area contributed by atoms with Gasteiger partial charge in [-0.15, -0.1) is 0 Å². The number of ether oxygens (including phenoxy) is 2. The standard InChI is InChI=1S/C22H26ClN5O4/c1-5-31-11-7-10-27-16(14-8-9-17(32-6-2)15(23)12-14)13-28-18-19(24-21(27)28)25(3)22(30)26(4)20(18)29/h8-9,12-13H,5-7,10-11H2,1-4H3. The maximum atomic E-state index is 12.9. The minimum absolute atomic E-state index is 0.350. The van der Waals surface area contributed by atoms with Crippen molar-refractivity contribution in [3.05, 3.63) is 50.3 Å². The van der Waals surface area contributed by atoms with Crippen molar-refractivity contribution in [3.8, 4) is 17.0 Å². The fraction of sp³-hybridized carbons (Fsp3) is 0.409. The molecule has 0 bridgehead atoms. The van der Waals surface area contributed by atoms with E-state index >= 15 is 0 Å². The molecule has 0 aliphatic heterocycles. The van der Waals surface area contributed by atoms with Gasteiger partial charge in [-0.2, -0.15) is 4.98 Å². The normalized spacial score (nSPS) is 11.7. The topological polar surface area (TPSA) is 84.7 Å². The highest BCUT2D eigenvalue weighted by molar-refractivity contribution is 6.32. The van der Waals surface area contributed by atoms with Crippen molar-refractivity contribution in [1.29, 1.82) is 0 Å². The molecule has 10 heteroatoms. The summed E-state index contributed by atoms with van der Waals surface area (Å²) in [5.41, 5.74) is 1.62. The monoisotopic (exact) mass is 459 g/mol. The Balaban J connectivity index is 1.95. The van der Waals surface area contributed by atoms with Crippen LogP contribution in [-0.4, -0.2) is 42.9 Å². The van der Waals surface area contributed by atoms with Gasteiger partial charge in [0, 0.05) is 45.6 Å². The summed E-state index contributed by atoms with van der Waals surface area (Å²) in [5.74, 6) is 1.20. The van der Waals surface area contributed by atoms with Crippen LogP contribution < -0.4 is 16.0 Å². The molecule has 0 unspecified atom stereocenters. The Hall–Kier alpha value is -3.04. The van der Waals surface area contributed by atoms with E-state index in [0.29, 0.717) is 54.1 Å². The molecule has 0 amide bonds. The molecule has 3 heterocycles. The van der Waals surface area contributed by atoms with Crippen LogP contribution in [0.1, 0.15) is 20.3 Å². The van der Waals surface area contributed by atoms with E-state index in [2.05, 4.69) is 4.98 Å². The zero-order valence-corrected chi connectivity index (χ0v) is 19.3. The second kappa shape index (κ2) is 8.84. The molecule has 0 spiro atoms. The molecular weight excluding hydrogens is 434 g/mol. The first kappa shape index (κ1) is 22.2. The van der Waals surface area contributed by atoms with Crippen LogP contribution in [0.5, 0.6) is 5.75 Å². The van der Waals surface area contributed by atoms with Crippen LogP contribution in [0.2, 0.25) is 5.02 Å². The molecular formula is C22H26ClN5O4. The highest BCUT2D eigenvalue weighted by Gasteiger charge is 2.21. The molecule has 0 fully saturated rings. The predicted octanol–water partition coefficient (Wildman–Crippen LogP) is 2.83. The first-order chi connectivity index (χ1) is 15.4. The van der Waals surface area contributed by atoms with Crippen molar-refractivity contribution in [2.75, 3.05) is 19.8 Å². The summed E-state index contributed by atoms with van der Waals surface area (Å²) < 4.78 is 17.3. The lowest BCUT2D eigenvalue weighted by Gasteiger charge is -2.11. The van der Waals surface area contributed by atoms with Gasteiger partial charge in [0.15, 0.2) is 11.2 Å². The van der Waals surface area contributed by atoms with Crippen molar-refractivity contribution >= 4 is 28.5 Å². The van der Waals surface area contributed by atoms with E-state index in [1.165, 1.54) is 11.6 Å². The van der Waals surface area contributed by atoms with Crippen molar-refractivity contribution in [2.45, 2.75) is 26.8 Å². The van der Waals surface area contributed by atoms with Gasteiger partial charge in [0.05, 0.1) is 17.3 Å². The Bertz CT molecular complexity index is 1410. The molecule has 1 aromatic carbocycles. The van der Waals surface area contributed by atoms with E-state index in [9.17, 15) is 9.59 Å². The molecule has 4 rings (SSSR count). The van der Waals surface area contributed by atoms with Crippen molar-refractivity contribution < 1.29 is 9.47 Å². The molecule has 0 saturated carbocycles. The lowest BCUT2D eigenvalue weighted by atomic mass is 10.1. The van der Waals surface area contributed by atoms with E-state index in [0.717, 1.165) is 22.2 Å². The van der Waals surface area contributed by atoms with Gasteiger partial charge in [0.2, 0.25) is 5.78 Å². The largest absolute Gasteiger partial charge is 0.492 e. The predicted molar refractivity (Wildman–Crippen MR) is 124 cm³/mol. The molecule has 0 N–H and O–H groups in total. The average molecular weight is 460 g/mol. The Morgan fingerprint density at radius 2 is 1.88 bits per heavy atom. The van der Waals surface area contributed by atoms with E-state index < -0.39 is 11.2 Å². The molecule has 9 nitrogen and oxygen atoms in total. The van der Waals surface area contributed by atoms with Gasteiger partial charge in [-0.3, -0.25) is 18.3 Å². The minimum atomic E-state index is -0.412. The number of nitrogens with zero attached hydrogens (tertiary/aromatic N) is 5. The minimum Gasteiger partial charge on any atom is -0.492 e. The number of aryl methyl sites for hydroxylation is 2. The number of halogens is 1. The summed E-state index contributed by atoms with van der Waals surface area (Å²) in [5, 5.41) is 0.507. The zero-order chi connectivity index (χ0) is 23.0. The molecule has 0 atom stereocenters. The number of rotatable bonds is 8. The SMILES string of the molecule is CCOCCCn1c(-c2ccc(OCC)c(Cl)c2)cn2c3c(=O)n(C)c(=O)n(C)c3nc12. The highest BCUT2D eigenvalue weighted by Crippen LogP contribution is 2.32. The molecule has 32 heavy (non-hydrogen) atoms. The number of aromatic nitrogens is 5. The second-order valence-electron chi connectivity index (χ2n) is 7.45. The van der Waals surface area contributed by atoms with Crippen molar-refractivity contribution in [3.63, 3.8) is 0 Å². The lowest BCUT2D eigenvalue weighted by Crippen LogP contribution is -2.37. The van der Waals surface area contributed by atoms with Gasteiger partial charge in [-0.1, -0.05) is 11.6 Å². The van der Waals surface area contributed by atoms with Crippen LogP contribution in [0.4, 0.5) is 0 Å². The van der Waals surface area contributed by atoms with E-state index in [1.807, 2.05) is 42.8 Å². The van der Waals surface area contributed by atoms with Crippen LogP contribution in [0, 0.1) is 0 Å². The summed E-state index contributed by atoms with van der Waals surface area (Å²) in [4.78, 5) is 30.0. The van der Waals surface area contributed by atoms with Gasteiger partial charge in [-0.25, -0.2) is 4.79 Å². The second-order valence-corrected chi connectivity index (χ2v) is 7.86. The molecule has 3 aromatic heterocycles. The van der Waals surface area contributed by atoms with Gasteiger partial charge in [-0.05, 0) is 38.5 Å². The third kappa shape index (κ3) is 3.61. The number of hydrogen-bond acceptors (Lipinski definition) is 5. The summed E-state index contributed by atoms with van der Waals surface area (Å²) in [6, 6.07) is 5.61. The molecule has 4 aromatic rings. The van der Waals surface area contributed by atoms with E-state index in [1.54, 1.807) is 11.4 Å². The summed E-state index contributed by atoms with van der Waals surface area (Å²) in [6.45, 7) is 6.25. The molecule has 170 valence electrons. The smallest absolute Gasteiger partial charge is 0.332 e. The average Bonchev–Trinajstić information content (AvgIpc) is 3.32. The van der Waals surface area contributed by atoms with Gasteiger partial charge in [0.25, 0.3) is 5.56 Å². The fourth-order valence-corrected chi connectivity index (χ4v) is 4.10. The van der Waals surface area contributed by atoms with Crippen LogP contribution >= 0.6 is 11.6 Å². The van der Waals surface area contributed by atoms with Crippen molar-refractivity contribution in [2.24, 2.45) is 14.1 Å². The molecule has 0 radical (unpaired) electrons. The third-order valence-electron chi connectivity index (χ3n) is 5.46. The van der Waals surface area contributed by atoms with Crippen LogP contribution in [0.3, 0.4) is 0 Å².